The molecule has 0 spiro atoms. The average molecular weight is 590 g/mol. The fourth-order valence-corrected chi connectivity index (χ4v) is 5.69. The van der Waals surface area contributed by atoms with E-state index in [-0.39, 0.29) is 29.5 Å². The summed E-state index contributed by atoms with van der Waals surface area (Å²) in [5.74, 6) is -0.945. The van der Waals surface area contributed by atoms with Crippen LogP contribution < -0.4 is 19.1 Å². The van der Waals surface area contributed by atoms with Crippen LogP contribution in [0.5, 0.6) is 11.5 Å². The topological polar surface area (TPSA) is 105 Å². The van der Waals surface area contributed by atoms with Crippen molar-refractivity contribution >= 4 is 39.1 Å². The molecule has 3 aromatic carbocycles. The summed E-state index contributed by atoms with van der Waals surface area (Å²) in [7, 11) is -4.35. The van der Waals surface area contributed by atoms with Crippen LogP contribution in [0.15, 0.2) is 71.6 Å². The van der Waals surface area contributed by atoms with E-state index in [1.54, 1.807) is 38.1 Å². The van der Waals surface area contributed by atoms with Gasteiger partial charge in [0, 0.05) is 24.2 Å². The largest absolute Gasteiger partial charge is 0.486 e. The first-order valence-electron chi connectivity index (χ1n) is 12.6. The van der Waals surface area contributed by atoms with Gasteiger partial charge in [-0.2, -0.15) is 0 Å². The Morgan fingerprint density at radius 3 is 2.30 bits per heavy atom. The molecule has 1 aliphatic rings. The van der Waals surface area contributed by atoms with Crippen molar-refractivity contribution in [1.29, 1.82) is 0 Å². The number of anilines is 1. The second-order valence-corrected chi connectivity index (χ2v) is 11.3. The summed E-state index contributed by atoms with van der Waals surface area (Å²) in [6.07, 6.45) is 0. The van der Waals surface area contributed by atoms with Gasteiger partial charge in [0.25, 0.3) is 10.0 Å². The summed E-state index contributed by atoms with van der Waals surface area (Å²) in [4.78, 5) is 27.7. The molecular weight excluding hydrogens is 561 g/mol. The number of halogens is 2. The Morgan fingerprint density at radius 1 is 1.00 bits per heavy atom. The molecule has 0 unspecified atom stereocenters. The number of hydrogen-bond donors (Lipinski definition) is 1. The molecule has 1 N–H and O–H groups in total. The molecule has 0 saturated carbocycles. The van der Waals surface area contributed by atoms with Crippen molar-refractivity contribution in [3.05, 3.63) is 83.1 Å². The molecule has 0 radical (unpaired) electrons. The third-order valence-corrected chi connectivity index (χ3v) is 8.30. The summed E-state index contributed by atoms with van der Waals surface area (Å²) >= 11 is 6.00. The minimum absolute atomic E-state index is 0.0234. The molecule has 0 fully saturated rings. The van der Waals surface area contributed by atoms with Gasteiger partial charge in [-0.1, -0.05) is 23.7 Å². The number of likely N-dealkylation sites (N-methyl/N-ethyl adjacent to an activating group) is 1. The highest BCUT2D eigenvalue weighted by atomic mass is 35.5. The van der Waals surface area contributed by atoms with Crippen molar-refractivity contribution in [2.45, 2.75) is 31.3 Å². The summed E-state index contributed by atoms with van der Waals surface area (Å²) in [6, 6.07) is 14.8. The SMILES string of the molecule is CCNC(=O)[C@@H](C)N(Cc1ccc(Cl)cc1)C(=O)CN(c1ccc(F)cc1)S(=O)(=O)c1ccc2c(c1)OCCO2. The van der Waals surface area contributed by atoms with Crippen molar-refractivity contribution in [2.24, 2.45) is 0 Å². The van der Waals surface area contributed by atoms with Crippen LogP contribution >= 0.6 is 11.6 Å². The first kappa shape index (κ1) is 29.2. The molecule has 1 aliphatic heterocycles. The molecule has 1 atom stereocenters. The van der Waals surface area contributed by atoms with Gasteiger partial charge in [0.15, 0.2) is 11.5 Å². The third kappa shape index (κ3) is 6.65. The van der Waals surface area contributed by atoms with E-state index in [1.807, 2.05) is 0 Å². The highest BCUT2D eigenvalue weighted by molar-refractivity contribution is 7.92. The van der Waals surface area contributed by atoms with E-state index in [9.17, 15) is 22.4 Å². The summed E-state index contributed by atoms with van der Waals surface area (Å²) in [6.45, 7) is 3.64. The number of amides is 2. The number of nitrogens with one attached hydrogen (secondary N) is 1. The van der Waals surface area contributed by atoms with Crippen LogP contribution in [0.25, 0.3) is 0 Å². The van der Waals surface area contributed by atoms with E-state index in [2.05, 4.69) is 5.32 Å². The van der Waals surface area contributed by atoms with Gasteiger partial charge >= 0.3 is 0 Å². The molecule has 9 nitrogen and oxygen atoms in total. The number of fused-ring (bicyclic) bond motifs is 1. The van der Waals surface area contributed by atoms with Gasteiger partial charge in [-0.15, -0.1) is 0 Å². The lowest BCUT2D eigenvalue weighted by molar-refractivity contribution is -0.139. The molecule has 0 aromatic heterocycles. The molecule has 12 heteroatoms. The number of sulfonamides is 1. The van der Waals surface area contributed by atoms with Gasteiger partial charge in [0.2, 0.25) is 11.8 Å². The normalized spacial score (nSPS) is 13.3. The van der Waals surface area contributed by atoms with Crippen LogP contribution in [-0.4, -0.2) is 57.5 Å². The second-order valence-electron chi connectivity index (χ2n) is 9.01. The highest BCUT2D eigenvalue weighted by Gasteiger charge is 2.33. The lowest BCUT2D eigenvalue weighted by atomic mass is 10.1. The number of nitrogens with zero attached hydrogens (tertiary/aromatic N) is 2. The molecule has 1 heterocycles. The van der Waals surface area contributed by atoms with Crippen LogP contribution in [0.2, 0.25) is 5.02 Å². The molecule has 3 aromatic rings. The van der Waals surface area contributed by atoms with Crippen LogP contribution in [-0.2, 0) is 26.2 Å². The monoisotopic (exact) mass is 589 g/mol. The van der Waals surface area contributed by atoms with E-state index < -0.39 is 40.2 Å². The predicted octanol–water partition coefficient (Wildman–Crippen LogP) is 4.00. The average Bonchev–Trinajstić information content (AvgIpc) is 2.95. The van der Waals surface area contributed by atoms with Gasteiger partial charge in [0.1, 0.15) is 31.6 Å². The summed E-state index contributed by atoms with van der Waals surface area (Å²) < 4.78 is 53.6. The molecule has 0 bridgehead atoms. The van der Waals surface area contributed by atoms with E-state index in [0.29, 0.717) is 29.5 Å². The van der Waals surface area contributed by atoms with Crippen molar-refractivity contribution < 1.29 is 31.9 Å². The Morgan fingerprint density at radius 2 is 1.65 bits per heavy atom. The van der Waals surface area contributed by atoms with Gasteiger partial charge in [0.05, 0.1) is 10.6 Å². The maximum atomic E-state index is 13.9. The standard InChI is InChI=1S/C28H29ClFN3O6S/c1-3-31-28(35)19(2)32(17-20-4-6-21(29)7-5-20)27(34)18-33(23-10-8-22(30)9-11-23)40(36,37)24-12-13-25-26(16-24)39-15-14-38-25/h4-13,16,19H,3,14-15,17-18H2,1-2H3,(H,31,35)/t19-/m1/s1. The molecule has 0 saturated heterocycles. The molecular formula is C28H29ClFN3O6S. The van der Waals surface area contributed by atoms with Gasteiger partial charge in [-0.05, 0) is 67.9 Å². The van der Waals surface area contributed by atoms with Crippen molar-refractivity contribution in [2.75, 3.05) is 30.6 Å². The maximum absolute atomic E-state index is 13.9. The first-order valence-corrected chi connectivity index (χ1v) is 14.4. The minimum Gasteiger partial charge on any atom is -0.486 e. The van der Waals surface area contributed by atoms with Gasteiger partial charge in [-0.3, -0.25) is 13.9 Å². The fourth-order valence-electron chi connectivity index (χ4n) is 4.14. The molecule has 4 rings (SSSR count). The number of carbonyl (C=O) groups is 2. The quantitative estimate of drug-likeness (QED) is 0.383. The Balaban J connectivity index is 1.71. The smallest absolute Gasteiger partial charge is 0.264 e. The molecule has 40 heavy (non-hydrogen) atoms. The molecule has 2 amide bonds. The fraction of sp³-hybridized carbons (Fsp3) is 0.286. The summed E-state index contributed by atoms with van der Waals surface area (Å²) in [5.41, 5.74) is 0.763. The number of rotatable bonds is 10. The maximum Gasteiger partial charge on any atom is 0.264 e. The molecule has 0 aliphatic carbocycles. The van der Waals surface area contributed by atoms with Crippen molar-refractivity contribution in [1.82, 2.24) is 10.2 Å². The Labute approximate surface area is 237 Å². The second kappa shape index (κ2) is 12.6. The van der Waals surface area contributed by atoms with Crippen LogP contribution in [0.4, 0.5) is 10.1 Å². The summed E-state index contributed by atoms with van der Waals surface area (Å²) in [5, 5.41) is 3.20. The minimum atomic E-state index is -4.35. The van der Waals surface area contributed by atoms with Crippen LogP contribution in [0, 0.1) is 5.82 Å². The predicted molar refractivity (Wildman–Crippen MR) is 149 cm³/mol. The highest BCUT2D eigenvalue weighted by Crippen LogP contribution is 2.34. The molecule has 212 valence electrons. The number of ether oxygens (including phenoxy) is 2. The van der Waals surface area contributed by atoms with Gasteiger partial charge in [-0.25, -0.2) is 12.8 Å². The van der Waals surface area contributed by atoms with Crippen molar-refractivity contribution in [3.63, 3.8) is 0 Å². The van der Waals surface area contributed by atoms with Gasteiger partial charge < -0.3 is 19.7 Å². The van der Waals surface area contributed by atoms with E-state index in [0.717, 1.165) is 16.4 Å². The first-order chi connectivity index (χ1) is 19.1. The lowest BCUT2D eigenvalue weighted by Crippen LogP contribution is -2.51. The third-order valence-electron chi connectivity index (χ3n) is 6.28. The number of benzene rings is 3. The zero-order valence-corrected chi connectivity index (χ0v) is 23.5. The van der Waals surface area contributed by atoms with E-state index in [1.165, 1.54) is 35.2 Å². The number of hydrogen-bond acceptors (Lipinski definition) is 6. The Kier molecular flexibility index (Phi) is 9.16. The van der Waals surface area contributed by atoms with Crippen molar-refractivity contribution in [3.8, 4) is 11.5 Å². The van der Waals surface area contributed by atoms with E-state index in [4.69, 9.17) is 21.1 Å². The zero-order chi connectivity index (χ0) is 28.9. The van der Waals surface area contributed by atoms with E-state index >= 15 is 0 Å². The Bertz CT molecular complexity index is 1470. The van der Waals surface area contributed by atoms with Crippen LogP contribution in [0.3, 0.4) is 0 Å². The Hall–Kier alpha value is -3.83. The zero-order valence-electron chi connectivity index (χ0n) is 22.0. The number of carbonyl (C=O) groups excluding carboxylic acids is 2. The van der Waals surface area contributed by atoms with Crippen LogP contribution in [0.1, 0.15) is 19.4 Å². The lowest BCUT2D eigenvalue weighted by Gasteiger charge is -2.32.